The zero-order chi connectivity index (χ0) is 20.5. The number of ether oxygens (including phenoxy) is 1. The van der Waals surface area contributed by atoms with E-state index in [0.717, 1.165) is 5.56 Å². The van der Waals surface area contributed by atoms with Crippen LogP contribution in [0.1, 0.15) is 25.3 Å². The smallest absolute Gasteiger partial charge is 0.308 e. The van der Waals surface area contributed by atoms with Gasteiger partial charge in [0, 0.05) is 24.2 Å². The largest absolute Gasteiger partial charge is 0.466 e. The first-order valence-corrected chi connectivity index (χ1v) is 9.68. The van der Waals surface area contributed by atoms with Crippen LogP contribution in [0.25, 0.3) is 6.08 Å². The molecule has 1 aliphatic rings. The molecule has 1 aliphatic heterocycles. The lowest BCUT2D eigenvalue weighted by atomic mass is 10.1. The number of hydrogen-bond acceptors (Lipinski definition) is 5. The number of carbonyl (C=O) groups excluding carboxylic acids is 3. The minimum atomic E-state index is -0.814. The Balaban J connectivity index is 1.97. The summed E-state index contributed by atoms with van der Waals surface area (Å²) < 4.78 is 5.05. The van der Waals surface area contributed by atoms with E-state index in [2.05, 4.69) is 10.6 Å². The normalized spacial score (nSPS) is 16.6. The molecule has 28 heavy (non-hydrogen) atoms. The van der Waals surface area contributed by atoms with Crippen LogP contribution in [0, 0.1) is 0 Å². The highest BCUT2D eigenvalue weighted by atomic mass is 35.5. The van der Waals surface area contributed by atoms with Gasteiger partial charge in [0.1, 0.15) is 6.04 Å². The average molecular weight is 424 g/mol. The van der Waals surface area contributed by atoms with Crippen molar-refractivity contribution in [3.63, 3.8) is 0 Å². The van der Waals surface area contributed by atoms with E-state index in [-0.39, 0.29) is 17.4 Å². The molecule has 2 amide bonds. The number of hydrogen-bond donors (Lipinski definition) is 2. The Morgan fingerprint density at radius 3 is 2.79 bits per heavy atom. The fraction of sp³-hybridized carbons (Fsp3) is 0.368. The van der Waals surface area contributed by atoms with Crippen molar-refractivity contribution in [1.82, 2.24) is 15.5 Å². The standard InChI is InChI=1S/C19H22ClN3O4S/c1-2-11-27-17(25)12-15-18(26)21-9-10-23(15)19(28)22-16(24)8-5-13-3-6-14(20)7-4-13/h3-8,15H,2,9-12H2,1H3,(H,21,26)(H,22,24,28)/b8-5+. The number of benzene rings is 1. The van der Waals surface area contributed by atoms with Crippen molar-refractivity contribution in [2.24, 2.45) is 0 Å². The van der Waals surface area contributed by atoms with Gasteiger partial charge in [0.25, 0.3) is 0 Å². The lowest BCUT2D eigenvalue weighted by molar-refractivity contribution is -0.147. The van der Waals surface area contributed by atoms with Gasteiger partial charge in [-0.1, -0.05) is 30.7 Å². The number of piperazine rings is 1. The summed E-state index contributed by atoms with van der Waals surface area (Å²) in [6.45, 7) is 2.94. The summed E-state index contributed by atoms with van der Waals surface area (Å²) in [4.78, 5) is 37.8. The van der Waals surface area contributed by atoms with Gasteiger partial charge in [-0.3, -0.25) is 19.7 Å². The van der Waals surface area contributed by atoms with Gasteiger partial charge in [0.05, 0.1) is 13.0 Å². The van der Waals surface area contributed by atoms with E-state index in [1.165, 1.54) is 11.0 Å². The molecular formula is C19H22ClN3O4S. The summed E-state index contributed by atoms with van der Waals surface area (Å²) in [6, 6.07) is 6.18. The van der Waals surface area contributed by atoms with E-state index in [9.17, 15) is 14.4 Å². The van der Waals surface area contributed by atoms with Crippen molar-refractivity contribution in [3.8, 4) is 0 Å². The topological polar surface area (TPSA) is 87.7 Å². The number of carbonyl (C=O) groups is 3. The maximum absolute atomic E-state index is 12.2. The molecule has 1 saturated heterocycles. The van der Waals surface area contributed by atoms with Gasteiger partial charge >= 0.3 is 5.97 Å². The van der Waals surface area contributed by atoms with Crippen LogP contribution < -0.4 is 10.6 Å². The van der Waals surface area contributed by atoms with E-state index in [1.54, 1.807) is 30.3 Å². The number of amides is 2. The average Bonchev–Trinajstić information content (AvgIpc) is 2.67. The van der Waals surface area contributed by atoms with Crippen LogP contribution in [-0.2, 0) is 19.1 Å². The summed E-state index contributed by atoms with van der Waals surface area (Å²) in [6.07, 6.45) is 3.52. The predicted octanol–water partition coefficient (Wildman–Crippen LogP) is 1.90. The molecular weight excluding hydrogens is 402 g/mol. The summed E-state index contributed by atoms with van der Waals surface area (Å²) in [5.41, 5.74) is 0.805. The molecule has 1 aromatic rings. The maximum atomic E-state index is 12.2. The van der Waals surface area contributed by atoms with E-state index in [1.807, 2.05) is 6.92 Å². The van der Waals surface area contributed by atoms with Gasteiger partial charge in [-0.15, -0.1) is 0 Å². The molecule has 1 aromatic carbocycles. The Bertz CT molecular complexity index is 767. The van der Waals surface area contributed by atoms with Gasteiger partial charge in [0.15, 0.2) is 5.11 Å². The number of halogens is 1. The molecule has 2 rings (SSSR count). The lowest BCUT2D eigenvalue weighted by Crippen LogP contribution is -2.60. The Labute approximate surface area is 174 Å². The first kappa shape index (κ1) is 21.8. The number of rotatable bonds is 6. The summed E-state index contributed by atoms with van der Waals surface area (Å²) in [5.74, 6) is -1.24. The molecule has 0 aliphatic carbocycles. The molecule has 2 N–H and O–H groups in total. The van der Waals surface area contributed by atoms with Gasteiger partial charge < -0.3 is 15.0 Å². The number of nitrogens with zero attached hydrogens (tertiary/aromatic N) is 1. The van der Waals surface area contributed by atoms with E-state index < -0.39 is 17.9 Å². The van der Waals surface area contributed by atoms with Crippen molar-refractivity contribution < 1.29 is 19.1 Å². The SMILES string of the molecule is CCCOC(=O)CC1C(=O)NCCN1C(=S)NC(=O)/C=C/c1ccc(Cl)cc1. The maximum Gasteiger partial charge on any atom is 0.308 e. The zero-order valence-electron chi connectivity index (χ0n) is 15.4. The van der Waals surface area contributed by atoms with Crippen LogP contribution in [0.5, 0.6) is 0 Å². The summed E-state index contributed by atoms with van der Waals surface area (Å²) in [7, 11) is 0. The van der Waals surface area contributed by atoms with Crippen molar-refractivity contribution >= 4 is 52.8 Å². The number of nitrogens with one attached hydrogen (secondary N) is 2. The van der Waals surface area contributed by atoms with Crippen LogP contribution in [0.15, 0.2) is 30.3 Å². The van der Waals surface area contributed by atoms with Crippen LogP contribution in [0.3, 0.4) is 0 Å². The van der Waals surface area contributed by atoms with Gasteiger partial charge in [0.2, 0.25) is 11.8 Å². The van der Waals surface area contributed by atoms with Crippen LogP contribution in [0.2, 0.25) is 5.02 Å². The first-order valence-electron chi connectivity index (χ1n) is 8.89. The third-order valence-corrected chi connectivity index (χ3v) is 4.53. The molecule has 1 heterocycles. The summed E-state index contributed by atoms with van der Waals surface area (Å²) in [5, 5.41) is 5.97. The molecule has 1 unspecified atom stereocenters. The predicted molar refractivity (Wildman–Crippen MR) is 111 cm³/mol. The van der Waals surface area contributed by atoms with Crippen LogP contribution in [-0.4, -0.2) is 53.5 Å². The van der Waals surface area contributed by atoms with Crippen molar-refractivity contribution in [2.75, 3.05) is 19.7 Å². The van der Waals surface area contributed by atoms with E-state index in [4.69, 9.17) is 28.6 Å². The second-order valence-electron chi connectivity index (χ2n) is 6.10. The second-order valence-corrected chi connectivity index (χ2v) is 6.93. The van der Waals surface area contributed by atoms with Crippen LogP contribution in [0.4, 0.5) is 0 Å². The highest BCUT2D eigenvalue weighted by Gasteiger charge is 2.34. The second kappa shape index (κ2) is 10.8. The molecule has 1 fully saturated rings. The summed E-state index contributed by atoms with van der Waals surface area (Å²) >= 11 is 11.1. The molecule has 0 bridgehead atoms. The Morgan fingerprint density at radius 1 is 1.39 bits per heavy atom. The molecule has 9 heteroatoms. The third-order valence-electron chi connectivity index (χ3n) is 3.95. The van der Waals surface area contributed by atoms with E-state index >= 15 is 0 Å². The first-order chi connectivity index (χ1) is 13.4. The molecule has 0 aromatic heterocycles. The minimum Gasteiger partial charge on any atom is -0.466 e. The molecule has 0 spiro atoms. The molecule has 7 nitrogen and oxygen atoms in total. The lowest BCUT2D eigenvalue weighted by Gasteiger charge is -2.36. The highest BCUT2D eigenvalue weighted by molar-refractivity contribution is 7.80. The quantitative estimate of drug-likeness (QED) is 0.413. The fourth-order valence-electron chi connectivity index (χ4n) is 2.56. The van der Waals surface area contributed by atoms with Gasteiger partial charge in [-0.25, -0.2) is 0 Å². The van der Waals surface area contributed by atoms with Crippen LogP contribution >= 0.6 is 23.8 Å². The monoisotopic (exact) mass is 423 g/mol. The Hall–Kier alpha value is -2.45. The van der Waals surface area contributed by atoms with Gasteiger partial charge in [-0.05, 0) is 42.4 Å². The third kappa shape index (κ3) is 6.61. The zero-order valence-corrected chi connectivity index (χ0v) is 17.0. The Morgan fingerprint density at radius 2 is 2.11 bits per heavy atom. The number of esters is 1. The van der Waals surface area contributed by atoms with Gasteiger partial charge in [-0.2, -0.15) is 0 Å². The van der Waals surface area contributed by atoms with Crippen molar-refractivity contribution in [3.05, 3.63) is 40.9 Å². The molecule has 0 radical (unpaired) electrons. The molecule has 0 saturated carbocycles. The van der Waals surface area contributed by atoms with Crippen molar-refractivity contribution in [2.45, 2.75) is 25.8 Å². The minimum absolute atomic E-state index is 0.0916. The van der Waals surface area contributed by atoms with Crippen molar-refractivity contribution in [1.29, 1.82) is 0 Å². The molecule has 1 atom stereocenters. The Kier molecular flexibility index (Phi) is 8.41. The number of thiocarbonyl (C=S) groups is 1. The molecule has 150 valence electrons. The van der Waals surface area contributed by atoms with E-state index in [0.29, 0.717) is 31.1 Å². The fourth-order valence-corrected chi connectivity index (χ4v) is 3.00. The highest BCUT2D eigenvalue weighted by Crippen LogP contribution is 2.12.